The molecule has 2 heterocycles. The summed E-state index contributed by atoms with van der Waals surface area (Å²) in [6, 6.07) is 31.1. The molecule has 0 atom stereocenters. The van der Waals surface area contributed by atoms with Crippen molar-refractivity contribution in [3.8, 4) is 22.9 Å². The van der Waals surface area contributed by atoms with Crippen LogP contribution in [0.5, 0.6) is 0 Å². The Hall–Kier alpha value is -5.17. The van der Waals surface area contributed by atoms with Gasteiger partial charge < -0.3 is 19.5 Å². The van der Waals surface area contributed by atoms with E-state index in [0.717, 1.165) is 44.7 Å². The summed E-state index contributed by atoms with van der Waals surface area (Å²) in [6.45, 7) is 5.91. The van der Waals surface area contributed by atoms with Crippen LogP contribution in [0.25, 0.3) is 45.1 Å². The minimum Gasteiger partial charge on any atom is -0.436 e. The zero-order chi connectivity index (χ0) is 25.2. The number of amidine groups is 1. The number of oxazole rings is 2. The zero-order valence-electron chi connectivity index (χ0n) is 20.1. The summed E-state index contributed by atoms with van der Waals surface area (Å²) in [6.07, 6.45) is 0. The lowest BCUT2D eigenvalue weighted by Crippen LogP contribution is -2.09. The molecule has 0 radical (unpaired) electrons. The van der Waals surface area contributed by atoms with E-state index in [-0.39, 0.29) is 0 Å². The summed E-state index contributed by atoms with van der Waals surface area (Å²) in [5.41, 5.74) is 6.79. The van der Waals surface area contributed by atoms with Crippen LogP contribution < -0.4 is 10.6 Å². The summed E-state index contributed by atoms with van der Waals surface area (Å²) in [7, 11) is 0. The summed E-state index contributed by atoms with van der Waals surface area (Å²) >= 11 is 0. The van der Waals surface area contributed by atoms with Crippen LogP contribution in [0.15, 0.2) is 123 Å². The highest BCUT2D eigenvalue weighted by atomic mass is 16.4. The molecule has 6 rings (SSSR count). The molecule has 0 saturated heterocycles. The first-order valence-electron chi connectivity index (χ1n) is 11.8. The van der Waals surface area contributed by atoms with Gasteiger partial charge in [-0.25, -0.2) is 15.0 Å². The van der Waals surface area contributed by atoms with E-state index in [4.69, 9.17) is 8.83 Å². The number of benzene rings is 4. The molecule has 4 aromatic carbocycles. The Bertz CT molecular complexity index is 1680. The fourth-order valence-electron chi connectivity index (χ4n) is 4.02. The monoisotopic (exact) mass is 485 g/mol. The number of anilines is 2. The van der Waals surface area contributed by atoms with Gasteiger partial charge in [-0.15, -0.1) is 0 Å². The van der Waals surface area contributed by atoms with E-state index < -0.39 is 0 Å². The van der Waals surface area contributed by atoms with Gasteiger partial charge in [-0.05, 0) is 79.7 Å². The number of aliphatic imine (C=N–C) groups is 1. The highest BCUT2D eigenvalue weighted by molar-refractivity contribution is 5.94. The Balaban J connectivity index is 1.08. The maximum Gasteiger partial charge on any atom is 0.227 e. The first-order chi connectivity index (χ1) is 18.1. The number of fused-ring (bicyclic) bond motifs is 2. The predicted octanol–water partition coefficient (Wildman–Crippen LogP) is 7.72. The molecule has 0 spiro atoms. The molecule has 0 aliphatic heterocycles. The lowest BCUT2D eigenvalue weighted by atomic mass is 10.2. The van der Waals surface area contributed by atoms with Gasteiger partial charge in [0, 0.05) is 22.5 Å². The molecule has 0 amide bonds. The van der Waals surface area contributed by atoms with Gasteiger partial charge in [0.1, 0.15) is 22.7 Å². The maximum absolute atomic E-state index is 5.85. The largest absolute Gasteiger partial charge is 0.436 e. The molecule has 0 aliphatic rings. The number of nitrogens with one attached hydrogen (secondary N) is 2. The maximum atomic E-state index is 5.85. The van der Waals surface area contributed by atoms with Crippen molar-refractivity contribution < 1.29 is 8.83 Å². The van der Waals surface area contributed by atoms with E-state index in [1.807, 2.05) is 104 Å². The SMILES string of the molecule is C=C(N=C(C)Nc1ccc(-c2nc3ccccc3o2)cc1)Nc1ccc(-c2nc3ccccc3o2)cc1. The van der Waals surface area contributed by atoms with Crippen LogP contribution in [0.2, 0.25) is 0 Å². The normalized spacial score (nSPS) is 11.6. The fourth-order valence-corrected chi connectivity index (χ4v) is 4.02. The quantitative estimate of drug-likeness (QED) is 0.185. The number of rotatable bonds is 6. The molecule has 0 aliphatic carbocycles. The van der Waals surface area contributed by atoms with Gasteiger partial charge in [0.15, 0.2) is 11.2 Å². The molecular weight excluding hydrogens is 462 g/mol. The van der Waals surface area contributed by atoms with Crippen LogP contribution in [-0.4, -0.2) is 15.8 Å². The third-order valence-corrected chi connectivity index (χ3v) is 5.77. The smallest absolute Gasteiger partial charge is 0.227 e. The van der Waals surface area contributed by atoms with Gasteiger partial charge in [-0.3, -0.25) is 0 Å². The highest BCUT2D eigenvalue weighted by Crippen LogP contribution is 2.27. The molecule has 2 N–H and O–H groups in total. The van der Waals surface area contributed by atoms with Crippen LogP contribution in [-0.2, 0) is 0 Å². The molecule has 7 heteroatoms. The standard InChI is InChI=1S/C30H23N5O2/c1-19(32-23-15-11-21(12-16-23)29-34-25-7-3-5-9-27(25)36-29)31-20(2)33-24-17-13-22(14-18-24)30-35-26-8-4-6-10-28(26)37-30/h3-18,32H,1H2,2H3,(H,31,33). The third kappa shape index (κ3) is 4.83. The summed E-state index contributed by atoms with van der Waals surface area (Å²) in [5, 5.41) is 6.50. The van der Waals surface area contributed by atoms with Crippen molar-refractivity contribution in [3.05, 3.63) is 109 Å². The highest BCUT2D eigenvalue weighted by Gasteiger charge is 2.09. The van der Waals surface area contributed by atoms with Gasteiger partial charge in [0.05, 0.1) is 0 Å². The molecule has 7 nitrogen and oxygen atoms in total. The van der Waals surface area contributed by atoms with Crippen LogP contribution in [0.4, 0.5) is 11.4 Å². The van der Waals surface area contributed by atoms with E-state index in [0.29, 0.717) is 23.4 Å². The van der Waals surface area contributed by atoms with Gasteiger partial charge >= 0.3 is 0 Å². The molecule has 6 aromatic rings. The summed E-state index contributed by atoms with van der Waals surface area (Å²) in [5.74, 6) is 2.41. The topological polar surface area (TPSA) is 88.5 Å². The van der Waals surface area contributed by atoms with E-state index in [2.05, 4.69) is 32.2 Å². The van der Waals surface area contributed by atoms with Crippen LogP contribution >= 0.6 is 0 Å². The van der Waals surface area contributed by atoms with E-state index in [1.165, 1.54) is 0 Å². The molecule has 180 valence electrons. The third-order valence-electron chi connectivity index (χ3n) is 5.77. The summed E-state index contributed by atoms with van der Waals surface area (Å²) in [4.78, 5) is 13.6. The van der Waals surface area contributed by atoms with E-state index >= 15 is 0 Å². The van der Waals surface area contributed by atoms with E-state index in [9.17, 15) is 0 Å². The Labute approximate surface area is 213 Å². The van der Waals surface area contributed by atoms with Gasteiger partial charge in [-0.1, -0.05) is 30.8 Å². The van der Waals surface area contributed by atoms with E-state index in [1.54, 1.807) is 0 Å². The zero-order valence-corrected chi connectivity index (χ0v) is 20.1. The molecule has 2 aromatic heterocycles. The van der Waals surface area contributed by atoms with Gasteiger partial charge in [0.2, 0.25) is 11.8 Å². The lowest BCUT2D eigenvalue weighted by molar-refractivity contribution is 0.619. The Morgan fingerprint density at radius 2 is 1.11 bits per heavy atom. The predicted molar refractivity (Wildman–Crippen MR) is 148 cm³/mol. The molecule has 0 saturated carbocycles. The second-order valence-corrected chi connectivity index (χ2v) is 8.52. The van der Waals surface area contributed by atoms with Crippen LogP contribution in [0, 0.1) is 0 Å². The Morgan fingerprint density at radius 1 is 0.649 bits per heavy atom. The molecule has 0 fully saturated rings. The van der Waals surface area contributed by atoms with Gasteiger partial charge in [-0.2, -0.15) is 0 Å². The lowest BCUT2D eigenvalue weighted by Gasteiger charge is -2.09. The first-order valence-corrected chi connectivity index (χ1v) is 11.8. The van der Waals surface area contributed by atoms with Crippen molar-refractivity contribution in [2.75, 3.05) is 10.6 Å². The Kier molecular flexibility index (Phi) is 5.71. The number of nitrogens with zero attached hydrogens (tertiary/aromatic N) is 3. The fraction of sp³-hybridized carbons (Fsp3) is 0.0333. The number of aromatic nitrogens is 2. The first kappa shape index (κ1) is 22.3. The summed E-state index contributed by atoms with van der Waals surface area (Å²) < 4.78 is 11.7. The van der Waals surface area contributed by atoms with Crippen molar-refractivity contribution >= 4 is 39.4 Å². The average molecular weight is 486 g/mol. The second-order valence-electron chi connectivity index (χ2n) is 8.52. The molecule has 0 unspecified atom stereocenters. The second kappa shape index (κ2) is 9.47. The number of hydrogen-bond acceptors (Lipinski definition) is 6. The minimum absolute atomic E-state index is 0.516. The molecular formula is C30H23N5O2. The molecule has 0 bridgehead atoms. The van der Waals surface area contributed by atoms with Crippen LogP contribution in [0.1, 0.15) is 6.92 Å². The molecule has 37 heavy (non-hydrogen) atoms. The number of para-hydroxylation sites is 4. The van der Waals surface area contributed by atoms with Crippen LogP contribution in [0.3, 0.4) is 0 Å². The Morgan fingerprint density at radius 3 is 1.59 bits per heavy atom. The minimum atomic E-state index is 0.516. The van der Waals surface area contributed by atoms with Crippen molar-refractivity contribution in [3.63, 3.8) is 0 Å². The van der Waals surface area contributed by atoms with Crippen molar-refractivity contribution in [2.45, 2.75) is 6.92 Å². The van der Waals surface area contributed by atoms with Crippen molar-refractivity contribution in [2.24, 2.45) is 4.99 Å². The van der Waals surface area contributed by atoms with Gasteiger partial charge in [0.25, 0.3) is 0 Å². The average Bonchev–Trinajstić information content (AvgIpc) is 3.54. The van der Waals surface area contributed by atoms with Crippen molar-refractivity contribution in [1.29, 1.82) is 0 Å². The van der Waals surface area contributed by atoms with Crippen molar-refractivity contribution in [1.82, 2.24) is 9.97 Å². The number of hydrogen-bond donors (Lipinski definition) is 2.